The lowest BCUT2D eigenvalue weighted by atomic mass is 10.1. The Hall–Kier alpha value is -2.05. The highest BCUT2D eigenvalue weighted by Gasteiger charge is 2.20. The van der Waals surface area contributed by atoms with Gasteiger partial charge in [0, 0.05) is 26.2 Å². The van der Waals surface area contributed by atoms with Gasteiger partial charge in [-0.1, -0.05) is 26.7 Å². The molecule has 0 amide bonds. The molecule has 0 saturated carbocycles. The highest BCUT2D eigenvalue weighted by atomic mass is 16.2. The molecule has 0 atom stereocenters. The smallest absolute Gasteiger partial charge is 0.332 e. The maximum absolute atomic E-state index is 12.9. The molecule has 0 spiro atoms. The van der Waals surface area contributed by atoms with Crippen LogP contribution in [0.25, 0.3) is 11.2 Å². The number of unbranched alkanes of at least 4 members (excludes halogenated alkanes) is 2. The molecule has 0 radical (unpaired) electrons. The van der Waals surface area contributed by atoms with E-state index in [4.69, 9.17) is 0 Å². The van der Waals surface area contributed by atoms with Gasteiger partial charge in [-0.25, -0.2) is 4.79 Å². The van der Waals surface area contributed by atoms with E-state index in [1.807, 2.05) is 0 Å². The molecular weight excluding hydrogens is 318 g/mol. The molecule has 2 aromatic heterocycles. The van der Waals surface area contributed by atoms with Crippen molar-refractivity contribution in [2.75, 3.05) is 18.0 Å². The first-order valence-electron chi connectivity index (χ1n) is 9.65. The molecule has 3 heterocycles. The van der Waals surface area contributed by atoms with Crippen molar-refractivity contribution in [1.82, 2.24) is 19.1 Å². The molecule has 1 fully saturated rings. The highest BCUT2D eigenvalue weighted by Crippen LogP contribution is 2.19. The molecule has 2 aromatic rings. The second-order valence-corrected chi connectivity index (χ2v) is 6.90. The number of H-pyrrole nitrogens is 1. The van der Waals surface area contributed by atoms with Gasteiger partial charge in [-0.3, -0.25) is 13.9 Å². The predicted octanol–water partition coefficient (Wildman–Crippen LogP) is 2.48. The number of rotatable bonds is 7. The summed E-state index contributed by atoms with van der Waals surface area (Å²) in [6, 6.07) is 0. The largest absolute Gasteiger partial charge is 0.342 e. The molecule has 0 bridgehead atoms. The van der Waals surface area contributed by atoms with Crippen LogP contribution in [0, 0.1) is 0 Å². The number of nitrogens with one attached hydrogen (secondary N) is 1. The summed E-state index contributed by atoms with van der Waals surface area (Å²) in [5.41, 5.74) is 0.511. The van der Waals surface area contributed by atoms with Gasteiger partial charge in [0.15, 0.2) is 11.2 Å². The number of imidazole rings is 1. The molecule has 7 heteroatoms. The van der Waals surface area contributed by atoms with Crippen LogP contribution in [-0.2, 0) is 13.1 Å². The molecule has 138 valence electrons. The Morgan fingerprint density at radius 2 is 1.60 bits per heavy atom. The Morgan fingerprint density at radius 1 is 0.960 bits per heavy atom. The highest BCUT2D eigenvalue weighted by molar-refractivity contribution is 5.73. The molecule has 25 heavy (non-hydrogen) atoms. The number of piperidine rings is 1. The lowest BCUT2D eigenvalue weighted by Gasteiger charge is -2.25. The van der Waals surface area contributed by atoms with Gasteiger partial charge in [0.25, 0.3) is 5.56 Å². The van der Waals surface area contributed by atoms with Gasteiger partial charge >= 0.3 is 5.69 Å². The van der Waals surface area contributed by atoms with E-state index in [2.05, 4.69) is 28.7 Å². The van der Waals surface area contributed by atoms with Crippen LogP contribution in [0.4, 0.5) is 5.95 Å². The summed E-state index contributed by atoms with van der Waals surface area (Å²) in [5.74, 6) is 0.727. The zero-order valence-corrected chi connectivity index (χ0v) is 15.4. The average molecular weight is 347 g/mol. The van der Waals surface area contributed by atoms with Gasteiger partial charge in [-0.15, -0.1) is 0 Å². The molecule has 3 rings (SSSR count). The van der Waals surface area contributed by atoms with E-state index in [1.54, 1.807) is 4.57 Å². The van der Waals surface area contributed by atoms with Gasteiger partial charge in [0.1, 0.15) is 0 Å². The quantitative estimate of drug-likeness (QED) is 0.835. The van der Waals surface area contributed by atoms with Crippen LogP contribution in [0.1, 0.15) is 58.8 Å². The second-order valence-electron chi connectivity index (χ2n) is 6.90. The van der Waals surface area contributed by atoms with E-state index in [0.717, 1.165) is 57.6 Å². The summed E-state index contributed by atoms with van der Waals surface area (Å²) in [6.45, 7) is 7.12. The van der Waals surface area contributed by atoms with Crippen molar-refractivity contribution in [1.29, 1.82) is 0 Å². The third-order valence-corrected chi connectivity index (χ3v) is 4.97. The normalized spacial score (nSPS) is 15.2. The Bertz CT molecular complexity index is 826. The van der Waals surface area contributed by atoms with E-state index in [1.165, 1.54) is 11.0 Å². The summed E-state index contributed by atoms with van der Waals surface area (Å²) in [5, 5.41) is 0. The zero-order valence-electron chi connectivity index (χ0n) is 15.4. The maximum Gasteiger partial charge on any atom is 0.332 e. The van der Waals surface area contributed by atoms with Gasteiger partial charge < -0.3 is 9.88 Å². The van der Waals surface area contributed by atoms with Gasteiger partial charge in [-0.2, -0.15) is 4.98 Å². The van der Waals surface area contributed by atoms with Crippen LogP contribution < -0.4 is 16.1 Å². The van der Waals surface area contributed by atoms with Crippen molar-refractivity contribution in [3.05, 3.63) is 20.8 Å². The van der Waals surface area contributed by atoms with Crippen molar-refractivity contribution in [3.63, 3.8) is 0 Å². The summed E-state index contributed by atoms with van der Waals surface area (Å²) in [6.07, 6.45) is 7.17. The third kappa shape index (κ3) is 3.50. The summed E-state index contributed by atoms with van der Waals surface area (Å²) < 4.78 is 3.06. The van der Waals surface area contributed by atoms with Crippen LogP contribution in [0.3, 0.4) is 0 Å². The maximum atomic E-state index is 12.9. The number of aryl methyl sites for hydroxylation is 1. The SMILES string of the molecule is CCCCn1c(=O)c2[nH]c(N3CCCCC3)nc2n(CCCC)c1=O. The zero-order chi connectivity index (χ0) is 17.8. The standard InChI is InChI=1S/C18H29N5O2/c1-3-5-12-22-15-14(16(24)23(18(22)25)13-6-4-2)19-17(20-15)21-10-8-7-9-11-21/h3-13H2,1-2H3,(H,19,20). The third-order valence-electron chi connectivity index (χ3n) is 4.97. The first-order valence-corrected chi connectivity index (χ1v) is 9.65. The van der Waals surface area contributed by atoms with Crippen molar-refractivity contribution >= 4 is 17.1 Å². The molecule has 1 N–H and O–H groups in total. The number of hydrogen-bond acceptors (Lipinski definition) is 4. The van der Waals surface area contributed by atoms with E-state index in [9.17, 15) is 9.59 Å². The minimum Gasteiger partial charge on any atom is -0.342 e. The minimum absolute atomic E-state index is 0.226. The Kier molecular flexibility index (Phi) is 5.60. The minimum atomic E-state index is -0.239. The number of aromatic amines is 1. The molecular formula is C18H29N5O2. The van der Waals surface area contributed by atoms with Crippen LogP contribution in [-0.4, -0.2) is 32.2 Å². The van der Waals surface area contributed by atoms with E-state index in [0.29, 0.717) is 24.3 Å². The van der Waals surface area contributed by atoms with E-state index >= 15 is 0 Å². The summed E-state index contributed by atoms with van der Waals surface area (Å²) >= 11 is 0. The number of nitrogens with zero attached hydrogens (tertiary/aromatic N) is 4. The molecule has 7 nitrogen and oxygen atoms in total. The lowest BCUT2D eigenvalue weighted by Crippen LogP contribution is -2.40. The number of anilines is 1. The summed E-state index contributed by atoms with van der Waals surface area (Å²) in [7, 11) is 0. The van der Waals surface area contributed by atoms with Crippen molar-refractivity contribution < 1.29 is 0 Å². The molecule has 0 aliphatic carbocycles. The Balaban J connectivity index is 2.12. The van der Waals surface area contributed by atoms with E-state index in [-0.39, 0.29) is 11.2 Å². The van der Waals surface area contributed by atoms with Crippen LogP contribution in [0.15, 0.2) is 9.59 Å². The predicted molar refractivity (Wildman–Crippen MR) is 100 cm³/mol. The van der Waals surface area contributed by atoms with Crippen LogP contribution in [0.2, 0.25) is 0 Å². The van der Waals surface area contributed by atoms with Crippen LogP contribution in [0.5, 0.6) is 0 Å². The topological polar surface area (TPSA) is 75.9 Å². The number of hydrogen-bond donors (Lipinski definition) is 1. The first kappa shape index (κ1) is 17.8. The number of aromatic nitrogens is 4. The van der Waals surface area contributed by atoms with Crippen molar-refractivity contribution in [2.24, 2.45) is 0 Å². The molecule has 1 aliphatic rings. The fourth-order valence-corrected chi connectivity index (χ4v) is 3.44. The molecule has 0 unspecified atom stereocenters. The molecule has 1 aliphatic heterocycles. The fourth-order valence-electron chi connectivity index (χ4n) is 3.44. The van der Waals surface area contributed by atoms with Crippen molar-refractivity contribution in [2.45, 2.75) is 71.9 Å². The average Bonchev–Trinajstić information content (AvgIpc) is 3.08. The van der Waals surface area contributed by atoms with Gasteiger partial charge in [0.2, 0.25) is 5.95 Å². The first-order chi connectivity index (χ1) is 12.2. The lowest BCUT2D eigenvalue weighted by molar-refractivity contribution is 0.530. The van der Waals surface area contributed by atoms with E-state index < -0.39 is 0 Å². The molecule has 0 aromatic carbocycles. The van der Waals surface area contributed by atoms with Crippen LogP contribution >= 0.6 is 0 Å². The Morgan fingerprint density at radius 3 is 2.24 bits per heavy atom. The van der Waals surface area contributed by atoms with Crippen molar-refractivity contribution in [3.8, 4) is 0 Å². The molecule has 1 saturated heterocycles. The second kappa shape index (κ2) is 7.89. The Labute approximate surface area is 147 Å². The van der Waals surface area contributed by atoms with Gasteiger partial charge in [0.05, 0.1) is 0 Å². The van der Waals surface area contributed by atoms with Gasteiger partial charge in [-0.05, 0) is 32.1 Å². The fraction of sp³-hybridized carbons (Fsp3) is 0.722. The summed E-state index contributed by atoms with van der Waals surface area (Å²) in [4.78, 5) is 35.8. The monoisotopic (exact) mass is 347 g/mol. The number of fused-ring (bicyclic) bond motifs is 1.